The minimum absolute atomic E-state index is 0.0674. The zero-order valence-electron chi connectivity index (χ0n) is 11.3. The highest BCUT2D eigenvalue weighted by Crippen LogP contribution is 2.21. The first-order chi connectivity index (χ1) is 10.6. The van der Waals surface area contributed by atoms with Crippen LogP contribution in [0, 0.1) is 0 Å². The summed E-state index contributed by atoms with van der Waals surface area (Å²) in [7, 11) is 0. The van der Waals surface area contributed by atoms with Gasteiger partial charge in [0.25, 0.3) is 0 Å². The van der Waals surface area contributed by atoms with E-state index in [0.29, 0.717) is 22.0 Å². The fourth-order valence-corrected chi connectivity index (χ4v) is 2.07. The number of halogens is 1. The first kappa shape index (κ1) is 14.1. The number of aromatic nitrogens is 4. The van der Waals surface area contributed by atoms with Crippen molar-refractivity contribution in [1.82, 2.24) is 19.9 Å². The molecule has 3 rings (SSSR count). The zero-order valence-corrected chi connectivity index (χ0v) is 12.0. The Labute approximate surface area is 131 Å². The summed E-state index contributed by atoms with van der Waals surface area (Å²) in [6, 6.07) is 6.68. The molecule has 0 unspecified atom stereocenters. The quantitative estimate of drug-likeness (QED) is 0.589. The number of nitrogen functional groups attached to an aromatic ring is 1. The second-order valence-corrected chi connectivity index (χ2v) is 4.81. The van der Waals surface area contributed by atoms with Gasteiger partial charge < -0.3 is 5.73 Å². The Balaban J connectivity index is 2.06. The van der Waals surface area contributed by atoms with Crippen molar-refractivity contribution < 1.29 is 4.79 Å². The number of pyridine rings is 2. The third-order valence-corrected chi connectivity index (χ3v) is 3.17. The van der Waals surface area contributed by atoms with Gasteiger partial charge in [-0.25, -0.2) is 15.0 Å². The number of hydrogen-bond acceptors (Lipinski definition) is 6. The van der Waals surface area contributed by atoms with E-state index in [1.54, 1.807) is 36.7 Å². The molecule has 0 amide bonds. The fourth-order valence-electron chi connectivity index (χ4n) is 1.90. The van der Waals surface area contributed by atoms with Gasteiger partial charge >= 0.3 is 0 Å². The number of nitrogens with two attached hydrogens (primary N) is 1. The molecule has 3 aromatic rings. The monoisotopic (exact) mass is 311 g/mol. The molecule has 0 aliphatic heterocycles. The zero-order chi connectivity index (χ0) is 15.5. The molecule has 7 heteroatoms. The van der Waals surface area contributed by atoms with E-state index >= 15 is 0 Å². The Morgan fingerprint density at radius 1 is 1.14 bits per heavy atom. The molecule has 0 spiro atoms. The van der Waals surface area contributed by atoms with E-state index < -0.39 is 0 Å². The van der Waals surface area contributed by atoms with Crippen LogP contribution < -0.4 is 5.73 Å². The van der Waals surface area contributed by atoms with Crippen LogP contribution in [0.25, 0.3) is 11.3 Å². The lowest BCUT2D eigenvalue weighted by Gasteiger charge is -2.06. The van der Waals surface area contributed by atoms with Gasteiger partial charge in [-0.2, -0.15) is 0 Å². The van der Waals surface area contributed by atoms with Crippen LogP contribution >= 0.6 is 11.6 Å². The van der Waals surface area contributed by atoms with E-state index in [4.69, 9.17) is 17.3 Å². The molecule has 3 heterocycles. The molecular weight excluding hydrogens is 302 g/mol. The number of carbonyl (C=O) groups excluding carboxylic acids is 1. The van der Waals surface area contributed by atoms with E-state index in [2.05, 4.69) is 19.9 Å². The fraction of sp³-hybridized carbons (Fsp3) is 0. The van der Waals surface area contributed by atoms with Gasteiger partial charge in [0.2, 0.25) is 5.78 Å². The smallest absolute Gasteiger partial charge is 0.216 e. The highest BCUT2D eigenvalue weighted by Gasteiger charge is 2.16. The maximum absolute atomic E-state index is 12.5. The lowest BCUT2D eigenvalue weighted by molar-refractivity contribution is 0.103. The van der Waals surface area contributed by atoms with E-state index in [1.165, 1.54) is 12.4 Å². The van der Waals surface area contributed by atoms with Gasteiger partial charge in [-0.1, -0.05) is 11.6 Å². The molecule has 0 aliphatic rings. The molecular formula is C15H10ClN5O. The van der Waals surface area contributed by atoms with Crippen LogP contribution in [0.5, 0.6) is 0 Å². The van der Waals surface area contributed by atoms with Crippen LogP contribution in [0.2, 0.25) is 5.15 Å². The van der Waals surface area contributed by atoms with Gasteiger partial charge in [0.15, 0.2) is 11.5 Å². The van der Waals surface area contributed by atoms with Crippen LogP contribution in [0.1, 0.15) is 16.1 Å². The minimum atomic E-state index is -0.333. The molecule has 0 fully saturated rings. The summed E-state index contributed by atoms with van der Waals surface area (Å²) in [5, 5.41) is 0.330. The van der Waals surface area contributed by atoms with Gasteiger partial charge in [0.05, 0.1) is 11.9 Å². The number of ketones is 1. The molecule has 22 heavy (non-hydrogen) atoms. The third kappa shape index (κ3) is 2.77. The van der Waals surface area contributed by atoms with Crippen molar-refractivity contribution in [2.24, 2.45) is 0 Å². The van der Waals surface area contributed by atoms with Gasteiger partial charge in [-0.15, -0.1) is 0 Å². The van der Waals surface area contributed by atoms with Gasteiger partial charge in [0, 0.05) is 29.7 Å². The summed E-state index contributed by atoms with van der Waals surface area (Å²) in [4.78, 5) is 28.6. The summed E-state index contributed by atoms with van der Waals surface area (Å²) < 4.78 is 0. The van der Waals surface area contributed by atoms with Crippen molar-refractivity contribution in [3.05, 3.63) is 65.5 Å². The largest absolute Gasteiger partial charge is 0.382 e. The number of nitrogens with zero attached hydrogens (tertiary/aromatic N) is 4. The molecule has 2 N–H and O–H groups in total. The van der Waals surface area contributed by atoms with E-state index in [-0.39, 0.29) is 17.3 Å². The molecule has 3 aromatic heterocycles. The van der Waals surface area contributed by atoms with Crippen LogP contribution in [0.15, 0.2) is 49.1 Å². The van der Waals surface area contributed by atoms with Crippen molar-refractivity contribution in [1.29, 1.82) is 0 Å². The topological polar surface area (TPSA) is 94.6 Å². The molecule has 0 radical (unpaired) electrons. The maximum atomic E-state index is 12.5. The molecule has 6 nitrogen and oxygen atoms in total. The van der Waals surface area contributed by atoms with E-state index in [0.717, 1.165) is 0 Å². The number of carbonyl (C=O) groups is 1. The highest BCUT2D eigenvalue weighted by molar-refractivity contribution is 6.29. The van der Waals surface area contributed by atoms with Crippen molar-refractivity contribution >= 4 is 23.2 Å². The van der Waals surface area contributed by atoms with E-state index in [1.807, 2.05) is 0 Å². The Morgan fingerprint density at radius 3 is 2.73 bits per heavy atom. The van der Waals surface area contributed by atoms with Gasteiger partial charge in [0.1, 0.15) is 5.15 Å². The van der Waals surface area contributed by atoms with Crippen molar-refractivity contribution in [3.8, 4) is 11.3 Å². The second-order valence-electron chi connectivity index (χ2n) is 4.43. The number of hydrogen-bond donors (Lipinski definition) is 1. The lowest BCUT2D eigenvalue weighted by Crippen LogP contribution is -2.10. The minimum Gasteiger partial charge on any atom is -0.382 e. The van der Waals surface area contributed by atoms with Crippen LogP contribution in [-0.4, -0.2) is 25.7 Å². The van der Waals surface area contributed by atoms with Crippen LogP contribution in [0.4, 0.5) is 5.82 Å². The molecule has 0 bridgehead atoms. The lowest BCUT2D eigenvalue weighted by atomic mass is 10.1. The Hall–Kier alpha value is -2.86. The normalized spacial score (nSPS) is 10.4. The first-order valence-electron chi connectivity index (χ1n) is 6.34. The van der Waals surface area contributed by atoms with Crippen molar-refractivity contribution in [3.63, 3.8) is 0 Å². The number of anilines is 1. The third-order valence-electron chi connectivity index (χ3n) is 2.96. The van der Waals surface area contributed by atoms with Gasteiger partial charge in [-0.05, 0) is 24.3 Å². The predicted molar refractivity (Wildman–Crippen MR) is 82.4 cm³/mol. The Morgan fingerprint density at radius 2 is 2.00 bits per heavy atom. The average molecular weight is 312 g/mol. The maximum Gasteiger partial charge on any atom is 0.216 e. The SMILES string of the molecule is Nc1ncc(-c2ccnc(Cl)c2)nc1C(=O)c1cccnc1. The average Bonchev–Trinajstić information content (AvgIpc) is 2.55. The molecule has 0 atom stereocenters. The first-order valence-corrected chi connectivity index (χ1v) is 6.72. The van der Waals surface area contributed by atoms with Crippen LogP contribution in [-0.2, 0) is 0 Å². The summed E-state index contributed by atoms with van der Waals surface area (Å²) in [6.45, 7) is 0. The Bertz CT molecular complexity index is 838. The second kappa shape index (κ2) is 5.87. The van der Waals surface area contributed by atoms with E-state index in [9.17, 15) is 4.79 Å². The van der Waals surface area contributed by atoms with Crippen molar-refractivity contribution in [2.45, 2.75) is 0 Å². The molecule has 0 aliphatic carbocycles. The Kier molecular flexibility index (Phi) is 3.76. The summed E-state index contributed by atoms with van der Waals surface area (Å²) in [5.74, 6) is -0.266. The van der Waals surface area contributed by atoms with Gasteiger partial charge in [-0.3, -0.25) is 9.78 Å². The molecule has 0 saturated carbocycles. The van der Waals surface area contributed by atoms with Crippen molar-refractivity contribution in [2.75, 3.05) is 5.73 Å². The molecule has 0 aromatic carbocycles. The standard InChI is InChI=1S/C15H10ClN5O/c16-12-6-9(3-5-19-12)11-8-20-15(17)13(21-11)14(22)10-2-1-4-18-7-10/h1-8H,(H2,17,20). The number of rotatable bonds is 3. The predicted octanol–water partition coefficient (Wildman–Crippen LogP) is 2.40. The summed E-state index contributed by atoms with van der Waals surface area (Å²) in [6.07, 6.45) is 6.08. The highest BCUT2D eigenvalue weighted by atomic mass is 35.5. The summed E-state index contributed by atoms with van der Waals surface area (Å²) >= 11 is 5.87. The molecule has 0 saturated heterocycles. The van der Waals surface area contributed by atoms with Crippen LogP contribution in [0.3, 0.4) is 0 Å². The summed E-state index contributed by atoms with van der Waals surface area (Å²) in [5.41, 5.74) is 7.45. The molecule has 108 valence electrons.